The Morgan fingerprint density at radius 3 is 2.63 bits per heavy atom. The number of hydrogen-bond acceptors (Lipinski definition) is 5. The minimum Gasteiger partial charge on any atom is -0.457 e. The van der Waals surface area contributed by atoms with Gasteiger partial charge in [0, 0.05) is 36.3 Å². The Balaban J connectivity index is 1.34. The lowest BCUT2D eigenvalue weighted by Crippen LogP contribution is -2.27. The number of ether oxygens (including phenoxy) is 1. The summed E-state index contributed by atoms with van der Waals surface area (Å²) in [6, 6.07) is 12.6. The van der Waals surface area contributed by atoms with Gasteiger partial charge in [-0.25, -0.2) is 0 Å². The Morgan fingerprint density at radius 1 is 1.10 bits per heavy atom. The number of nitrogens with one attached hydrogen (secondary N) is 1. The molecule has 2 aromatic carbocycles. The lowest BCUT2D eigenvalue weighted by Gasteiger charge is -2.17. The van der Waals surface area contributed by atoms with Gasteiger partial charge in [-0.05, 0) is 49.2 Å². The molecule has 2 aliphatic heterocycles. The van der Waals surface area contributed by atoms with Crippen molar-refractivity contribution in [3.63, 3.8) is 0 Å². The van der Waals surface area contributed by atoms with Crippen LogP contribution in [0.15, 0.2) is 42.5 Å². The van der Waals surface area contributed by atoms with E-state index < -0.39 is 11.9 Å². The molecule has 0 bridgehead atoms. The van der Waals surface area contributed by atoms with Crippen molar-refractivity contribution in [1.29, 1.82) is 0 Å². The molecule has 2 aromatic rings. The highest BCUT2D eigenvalue weighted by Crippen LogP contribution is 2.27. The molecule has 154 valence electrons. The second-order valence-electron chi connectivity index (χ2n) is 7.69. The highest BCUT2D eigenvalue weighted by Gasteiger charge is 2.36. The molecular weight excluding hydrogens is 384 g/mol. The standard InChI is InChI=1S/C23H22N2O5/c1-14-2-6-18(7-3-14)25-12-17(11-22(25)28)23(29)30-13-20(26)16-4-8-19-15(10-16)5-9-21(27)24-19/h2-4,6-8,10,17H,5,9,11-13H2,1H3,(H,24,27). The van der Waals surface area contributed by atoms with Gasteiger partial charge in [0.1, 0.15) is 0 Å². The molecule has 1 saturated heterocycles. The average molecular weight is 406 g/mol. The summed E-state index contributed by atoms with van der Waals surface area (Å²) in [4.78, 5) is 50.2. The Kier molecular flexibility index (Phi) is 5.35. The van der Waals surface area contributed by atoms with Crippen molar-refractivity contribution in [2.75, 3.05) is 23.4 Å². The molecule has 2 amide bonds. The minimum atomic E-state index is -0.592. The number of Topliss-reactive ketones (excluding diaryl/α,β-unsaturated/α-hetero) is 1. The molecule has 1 unspecified atom stereocenters. The smallest absolute Gasteiger partial charge is 0.311 e. The fourth-order valence-electron chi connectivity index (χ4n) is 3.73. The number of esters is 1. The fraction of sp³-hybridized carbons (Fsp3) is 0.304. The van der Waals surface area contributed by atoms with Crippen molar-refractivity contribution in [2.45, 2.75) is 26.2 Å². The Hall–Kier alpha value is -3.48. The summed E-state index contributed by atoms with van der Waals surface area (Å²) >= 11 is 0. The molecule has 4 rings (SSSR count). The zero-order valence-corrected chi connectivity index (χ0v) is 16.6. The van der Waals surface area contributed by atoms with Crippen LogP contribution in [0.25, 0.3) is 0 Å². The predicted octanol–water partition coefficient (Wildman–Crippen LogP) is 2.66. The third-order valence-corrected chi connectivity index (χ3v) is 5.47. The normalized spacial score (nSPS) is 18.0. The zero-order chi connectivity index (χ0) is 21.3. The van der Waals surface area contributed by atoms with Crippen LogP contribution < -0.4 is 10.2 Å². The monoisotopic (exact) mass is 406 g/mol. The Labute approximate surface area is 174 Å². The molecule has 2 heterocycles. The number of benzene rings is 2. The number of aryl methyl sites for hydroxylation is 2. The van der Waals surface area contributed by atoms with Gasteiger partial charge < -0.3 is 15.0 Å². The molecule has 1 N–H and O–H groups in total. The molecule has 0 aliphatic carbocycles. The fourth-order valence-corrected chi connectivity index (χ4v) is 3.73. The van der Waals surface area contributed by atoms with Gasteiger partial charge in [-0.15, -0.1) is 0 Å². The predicted molar refractivity (Wildman–Crippen MR) is 110 cm³/mol. The maximum atomic E-state index is 12.5. The van der Waals surface area contributed by atoms with Gasteiger partial charge in [0.2, 0.25) is 11.8 Å². The quantitative estimate of drug-likeness (QED) is 0.609. The molecule has 30 heavy (non-hydrogen) atoms. The van der Waals surface area contributed by atoms with Crippen molar-refractivity contribution in [2.24, 2.45) is 5.92 Å². The molecule has 7 nitrogen and oxygen atoms in total. The van der Waals surface area contributed by atoms with Gasteiger partial charge >= 0.3 is 5.97 Å². The summed E-state index contributed by atoms with van der Waals surface area (Å²) < 4.78 is 5.22. The van der Waals surface area contributed by atoms with Crippen LogP contribution in [0.2, 0.25) is 0 Å². The molecular formula is C23H22N2O5. The van der Waals surface area contributed by atoms with E-state index in [1.54, 1.807) is 23.1 Å². The van der Waals surface area contributed by atoms with Crippen molar-refractivity contribution in [3.8, 4) is 0 Å². The van der Waals surface area contributed by atoms with Gasteiger partial charge in [-0.1, -0.05) is 17.7 Å². The largest absolute Gasteiger partial charge is 0.457 e. The van der Waals surface area contributed by atoms with Crippen LogP contribution in [0.4, 0.5) is 11.4 Å². The molecule has 0 spiro atoms. The van der Waals surface area contributed by atoms with E-state index in [-0.39, 0.29) is 37.2 Å². The molecule has 0 aromatic heterocycles. The van der Waals surface area contributed by atoms with Gasteiger partial charge in [-0.3, -0.25) is 19.2 Å². The zero-order valence-electron chi connectivity index (χ0n) is 16.6. The van der Waals surface area contributed by atoms with Gasteiger partial charge in [0.05, 0.1) is 5.92 Å². The maximum Gasteiger partial charge on any atom is 0.311 e. The number of hydrogen-bond donors (Lipinski definition) is 1. The van der Waals surface area contributed by atoms with E-state index >= 15 is 0 Å². The Morgan fingerprint density at radius 2 is 1.87 bits per heavy atom. The van der Waals surface area contributed by atoms with E-state index in [4.69, 9.17) is 4.74 Å². The van der Waals surface area contributed by atoms with Gasteiger partial charge in [0.25, 0.3) is 0 Å². The number of fused-ring (bicyclic) bond motifs is 1. The summed E-state index contributed by atoms with van der Waals surface area (Å²) in [6.45, 7) is 1.83. The molecule has 0 saturated carbocycles. The summed E-state index contributed by atoms with van der Waals surface area (Å²) in [6.07, 6.45) is 1.02. The van der Waals surface area contributed by atoms with Crippen molar-refractivity contribution in [1.82, 2.24) is 0 Å². The highest BCUT2D eigenvalue weighted by atomic mass is 16.5. The second kappa shape index (κ2) is 8.10. The van der Waals surface area contributed by atoms with Crippen LogP contribution in [0.5, 0.6) is 0 Å². The summed E-state index contributed by atoms with van der Waals surface area (Å²) in [5.41, 5.74) is 3.87. The first-order valence-corrected chi connectivity index (χ1v) is 9.90. The first-order chi connectivity index (χ1) is 14.4. The molecule has 1 fully saturated rings. The van der Waals surface area contributed by atoms with Gasteiger partial charge in [0.15, 0.2) is 12.4 Å². The highest BCUT2D eigenvalue weighted by molar-refractivity contribution is 6.02. The van der Waals surface area contributed by atoms with Crippen LogP contribution in [0.3, 0.4) is 0 Å². The molecule has 7 heteroatoms. The second-order valence-corrected chi connectivity index (χ2v) is 7.69. The van der Waals surface area contributed by atoms with Crippen LogP contribution in [-0.2, 0) is 25.5 Å². The lowest BCUT2D eigenvalue weighted by atomic mass is 9.99. The first-order valence-electron chi connectivity index (χ1n) is 9.90. The lowest BCUT2D eigenvalue weighted by molar-refractivity contribution is -0.147. The third-order valence-electron chi connectivity index (χ3n) is 5.47. The van der Waals surface area contributed by atoms with E-state index in [0.29, 0.717) is 24.1 Å². The third kappa shape index (κ3) is 4.10. The number of carbonyl (C=O) groups excluding carboxylic acids is 4. The van der Waals surface area contributed by atoms with E-state index in [0.717, 1.165) is 16.8 Å². The molecule has 2 aliphatic rings. The summed E-state index contributed by atoms with van der Waals surface area (Å²) in [5, 5.41) is 2.77. The number of rotatable bonds is 5. The molecule has 1 atom stereocenters. The number of amides is 2. The average Bonchev–Trinajstić information content (AvgIpc) is 3.13. The van der Waals surface area contributed by atoms with E-state index in [9.17, 15) is 19.2 Å². The topological polar surface area (TPSA) is 92.8 Å². The van der Waals surface area contributed by atoms with E-state index in [1.807, 2.05) is 31.2 Å². The van der Waals surface area contributed by atoms with E-state index in [1.165, 1.54) is 0 Å². The minimum absolute atomic E-state index is 0.0405. The van der Waals surface area contributed by atoms with Crippen LogP contribution >= 0.6 is 0 Å². The van der Waals surface area contributed by atoms with Crippen LogP contribution in [0, 0.1) is 12.8 Å². The SMILES string of the molecule is Cc1ccc(N2CC(C(=O)OCC(=O)c3ccc4c(c3)CCC(=O)N4)CC2=O)cc1. The van der Waals surface area contributed by atoms with Crippen molar-refractivity contribution < 1.29 is 23.9 Å². The van der Waals surface area contributed by atoms with Crippen LogP contribution in [-0.4, -0.2) is 36.7 Å². The van der Waals surface area contributed by atoms with E-state index in [2.05, 4.69) is 5.32 Å². The Bertz CT molecular complexity index is 1030. The van der Waals surface area contributed by atoms with Gasteiger partial charge in [-0.2, -0.15) is 0 Å². The number of carbonyl (C=O) groups is 4. The number of anilines is 2. The summed E-state index contributed by atoms with van der Waals surface area (Å²) in [5.74, 6) is -1.63. The first kappa shape index (κ1) is 19.8. The summed E-state index contributed by atoms with van der Waals surface area (Å²) in [7, 11) is 0. The number of ketones is 1. The number of nitrogens with zero attached hydrogens (tertiary/aromatic N) is 1. The van der Waals surface area contributed by atoms with Crippen molar-refractivity contribution >= 4 is 34.9 Å². The van der Waals surface area contributed by atoms with Crippen LogP contribution in [0.1, 0.15) is 34.3 Å². The molecule has 0 radical (unpaired) electrons. The maximum absolute atomic E-state index is 12.5. The van der Waals surface area contributed by atoms with Crippen molar-refractivity contribution in [3.05, 3.63) is 59.2 Å².